The lowest BCUT2D eigenvalue weighted by atomic mass is 9.93. The van der Waals surface area contributed by atoms with Gasteiger partial charge in [0.2, 0.25) is 0 Å². The number of carboxylic acid groups (broad SMARTS) is 1. The molecular formula is C6H14N2O2. The van der Waals surface area contributed by atoms with E-state index in [1.165, 1.54) is 6.92 Å². The van der Waals surface area contributed by atoms with Crippen LogP contribution in [0.4, 0.5) is 0 Å². The third kappa shape index (κ3) is 2.33. The summed E-state index contributed by atoms with van der Waals surface area (Å²) in [6, 6.07) is 0. The molecule has 10 heavy (non-hydrogen) atoms. The van der Waals surface area contributed by atoms with Gasteiger partial charge in [-0.3, -0.25) is 4.79 Å². The Morgan fingerprint density at radius 1 is 1.70 bits per heavy atom. The molecule has 4 heteroatoms. The van der Waals surface area contributed by atoms with Crippen LogP contribution in [0.1, 0.15) is 20.3 Å². The lowest BCUT2D eigenvalue weighted by Gasteiger charge is -2.25. The molecule has 0 rings (SSSR count). The fourth-order valence-electron chi connectivity index (χ4n) is 0.880. The molecule has 0 aromatic rings. The van der Waals surface area contributed by atoms with Crippen molar-refractivity contribution < 1.29 is 9.90 Å². The highest BCUT2D eigenvalue weighted by molar-refractivity contribution is 5.71. The molecule has 4 nitrogen and oxygen atoms in total. The van der Waals surface area contributed by atoms with Crippen molar-refractivity contribution in [2.24, 2.45) is 17.4 Å². The topological polar surface area (TPSA) is 89.3 Å². The Hall–Kier alpha value is -0.610. The zero-order valence-electron chi connectivity index (χ0n) is 6.29. The van der Waals surface area contributed by atoms with Gasteiger partial charge in [-0.2, -0.15) is 0 Å². The summed E-state index contributed by atoms with van der Waals surface area (Å²) >= 11 is 0. The zero-order chi connectivity index (χ0) is 8.36. The minimum atomic E-state index is -1.11. The summed E-state index contributed by atoms with van der Waals surface area (Å²) in [6.45, 7) is 3.26. The molecule has 0 saturated heterocycles. The van der Waals surface area contributed by atoms with Crippen LogP contribution in [-0.2, 0) is 4.79 Å². The molecule has 0 fully saturated rings. The van der Waals surface area contributed by atoms with E-state index in [1.54, 1.807) is 6.92 Å². The van der Waals surface area contributed by atoms with Crippen molar-refractivity contribution in [1.82, 2.24) is 0 Å². The molecule has 5 N–H and O–H groups in total. The van der Waals surface area contributed by atoms with Crippen LogP contribution < -0.4 is 11.5 Å². The standard InChI is InChI=1S/C6H14N2O2/c1-3-4(5(9)10)6(2,7)8/h4H,3,7-8H2,1-2H3,(H,9,10). The summed E-state index contributed by atoms with van der Waals surface area (Å²) in [5.74, 6) is -1.59. The van der Waals surface area contributed by atoms with Gasteiger partial charge in [0.05, 0.1) is 11.6 Å². The second kappa shape index (κ2) is 2.98. The first-order chi connectivity index (χ1) is 4.39. The van der Waals surface area contributed by atoms with Gasteiger partial charge < -0.3 is 16.6 Å². The molecule has 0 aliphatic rings. The van der Waals surface area contributed by atoms with Gasteiger partial charge in [-0.1, -0.05) is 6.92 Å². The average molecular weight is 146 g/mol. The highest BCUT2D eigenvalue weighted by Crippen LogP contribution is 2.12. The van der Waals surface area contributed by atoms with Crippen molar-refractivity contribution in [3.05, 3.63) is 0 Å². The van der Waals surface area contributed by atoms with Crippen LogP contribution in [0.5, 0.6) is 0 Å². The maximum Gasteiger partial charge on any atom is 0.309 e. The fraction of sp³-hybridized carbons (Fsp3) is 0.833. The number of carboxylic acids is 1. The molecule has 0 heterocycles. The summed E-state index contributed by atoms with van der Waals surface area (Å²) in [5, 5.41) is 8.55. The Bertz CT molecular complexity index is 128. The van der Waals surface area contributed by atoms with Crippen LogP contribution in [0.25, 0.3) is 0 Å². The molecule has 1 atom stereocenters. The molecule has 60 valence electrons. The van der Waals surface area contributed by atoms with Crippen LogP contribution in [0, 0.1) is 5.92 Å². The molecular weight excluding hydrogens is 132 g/mol. The molecule has 0 saturated carbocycles. The van der Waals surface area contributed by atoms with Crippen LogP contribution in [0.3, 0.4) is 0 Å². The smallest absolute Gasteiger partial charge is 0.309 e. The summed E-state index contributed by atoms with van der Waals surface area (Å²) in [4.78, 5) is 10.4. The predicted molar refractivity (Wildman–Crippen MR) is 38.2 cm³/mol. The molecule has 0 aromatic heterocycles. The number of hydrogen-bond acceptors (Lipinski definition) is 3. The van der Waals surface area contributed by atoms with Gasteiger partial charge in [-0.25, -0.2) is 0 Å². The van der Waals surface area contributed by atoms with Crippen molar-refractivity contribution in [2.75, 3.05) is 0 Å². The highest BCUT2D eigenvalue weighted by Gasteiger charge is 2.30. The van der Waals surface area contributed by atoms with Gasteiger partial charge in [-0.05, 0) is 13.3 Å². The maximum absolute atomic E-state index is 10.4. The molecule has 0 aromatic carbocycles. The van der Waals surface area contributed by atoms with Crippen molar-refractivity contribution in [2.45, 2.75) is 25.9 Å². The Morgan fingerprint density at radius 2 is 2.10 bits per heavy atom. The molecule has 0 amide bonds. The Morgan fingerprint density at radius 3 is 2.10 bits per heavy atom. The van der Waals surface area contributed by atoms with Gasteiger partial charge in [0.25, 0.3) is 0 Å². The number of carbonyl (C=O) groups is 1. The van der Waals surface area contributed by atoms with Crippen molar-refractivity contribution >= 4 is 5.97 Å². The van der Waals surface area contributed by atoms with E-state index < -0.39 is 17.6 Å². The van der Waals surface area contributed by atoms with Gasteiger partial charge in [0.15, 0.2) is 0 Å². The Balaban J connectivity index is 4.22. The predicted octanol–water partition coefficient (Wildman–Crippen LogP) is -0.269. The SMILES string of the molecule is CCC(C(=O)O)C(C)(N)N. The second-order valence-corrected chi connectivity index (χ2v) is 2.67. The van der Waals surface area contributed by atoms with Crippen LogP contribution in [0.2, 0.25) is 0 Å². The van der Waals surface area contributed by atoms with Crippen LogP contribution in [-0.4, -0.2) is 16.7 Å². The van der Waals surface area contributed by atoms with Gasteiger partial charge >= 0.3 is 5.97 Å². The number of nitrogens with two attached hydrogens (primary N) is 2. The summed E-state index contributed by atoms with van der Waals surface area (Å²) in [7, 11) is 0. The van der Waals surface area contributed by atoms with Crippen molar-refractivity contribution in [1.29, 1.82) is 0 Å². The summed E-state index contributed by atoms with van der Waals surface area (Å²) < 4.78 is 0. The number of hydrogen-bond donors (Lipinski definition) is 3. The van der Waals surface area contributed by atoms with E-state index in [4.69, 9.17) is 16.6 Å². The van der Waals surface area contributed by atoms with Crippen LogP contribution >= 0.6 is 0 Å². The van der Waals surface area contributed by atoms with E-state index in [2.05, 4.69) is 0 Å². The third-order valence-corrected chi connectivity index (χ3v) is 1.46. The largest absolute Gasteiger partial charge is 0.481 e. The molecule has 0 bridgehead atoms. The van der Waals surface area contributed by atoms with E-state index in [0.29, 0.717) is 6.42 Å². The maximum atomic E-state index is 10.4. The molecule has 1 unspecified atom stereocenters. The third-order valence-electron chi connectivity index (χ3n) is 1.46. The minimum Gasteiger partial charge on any atom is -0.481 e. The monoisotopic (exact) mass is 146 g/mol. The van der Waals surface area contributed by atoms with E-state index in [1.807, 2.05) is 0 Å². The Labute approximate surface area is 60.2 Å². The normalized spacial score (nSPS) is 14.8. The quantitative estimate of drug-likeness (QED) is 0.478. The Kier molecular flexibility index (Phi) is 2.80. The zero-order valence-corrected chi connectivity index (χ0v) is 6.29. The summed E-state index contributed by atoms with van der Waals surface area (Å²) in [6.07, 6.45) is 0.457. The van der Waals surface area contributed by atoms with E-state index in [9.17, 15) is 4.79 Å². The van der Waals surface area contributed by atoms with E-state index >= 15 is 0 Å². The van der Waals surface area contributed by atoms with Gasteiger partial charge in [-0.15, -0.1) is 0 Å². The minimum absolute atomic E-state index is 0.457. The fourth-order valence-corrected chi connectivity index (χ4v) is 0.880. The summed E-state index contributed by atoms with van der Waals surface area (Å²) in [5.41, 5.74) is 9.67. The van der Waals surface area contributed by atoms with Gasteiger partial charge in [0.1, 0.15) is 0 Å². The molecule has 0 aliphatic heterocycles. The van der Waals surface area contributed by atoms with Crippen LogP contribution in [0.15, 0.2) is 0 Å². The van der Waals surface area contributed by atoms with Gasteiger partial charge in [0, 0.05) is 0 Å². The molecule has 0 radical (unpaired) electrons. The van der Waals surface area contributed by atoms with Crippen molar-refractivity contribution in [3.8, 4) is 0 Å². The lowest BCUT2D eigenvalue weighted by Crippen LogP contribution is -2.55. The lowest BCUT2D eigenvalue weighted by molar-refractivity contribution is -0.144. The molecule has 0 aliphatic carbocycles. The van der Waals surface area contributed by atoms with E-state index in [-0.39, 0.29) is 0 Å². The number of aliphatic carboxylic acids is 1. The van der Waals surface area contributed by atoms with E-state index in [0.717, 1.165) is 0 Å². The first-order valence-electron chi connectivity index (χ1n) is 3.20. The first kappa shape index (κ1) is 9.39. The first-order valence-corrected chi connectivity index (χ1v) is 3.20. The highest BCUT2D eigenvalue weighted by atomic mass is 16.4. The average Bonchev–Trinajstić information content (AvgIpc) is 1.60. The molecule has 0 spiro atoms. The second-order valence-electron chi connectivity index (χ2n) is 2.67. The number of rotatable bonds is 3. The van der Waals surface area contributed by atoms with Crippen molar-refractivity contribution in [3.63, 3.8) is 0 Å².